The van der Waals surface area contributed by atoms with Crippen LogP contribution >= 0.6 is 0 Å². The molecule has 2 aromatic heterocycles. The monoisotopic (exact) mass is 463 g/mol. The topological polar surface area (TPSA) is 74.4 Å². The Labute approximate surface area is 196 Å². The molecule has 1 fully saturated rings. The summed E-state index contributed by atoms with van der Waals surface area (Å²) in [5.41, 5.74) is 3.31. The number of benzene rings is 2. The molecule has 34 heavy (non-hydrogen) atoms. The molecular formula is C25H26FN5O3. The summed E-state index contributed by atoms with van der Waals surface area (Å²) in [6, 6.07) is 12.3. The molecule has 1 saturated heterocycles. The molecule has 8 nitrogen and oxygen atoms in total. The van der Waals surface area contributed by atoms with Crippen LogP contribution in [-0.2, 0) is 6.54 Å². The van der Waals surface area contributed by atoms with Crippen molar-refractivity contribution in [2.75, 3.05) is 32.2 Å². The molecule has 0 N–H and O–H groups in total. The fourth-order valence-electron chi connectivity index (χ4n) is 4.94. The van der Waals surface area contributed by atoms with Crippen molar-refractivity contribution in [1.29, 1.82) is 0 Å². The van der Waals surface area contributed by atoms with E-state index in [-0.39, 0.29) is 24.1 Å². The highest BCUT2D eigenvalue weighted by Gasteiger charge is 2.31. The van der Waals surface area contributed by atoms with Gasteiger partial charge in [0, 0.05) is 19.2 Å². The molecule has 1 aliphatic heterocycles. The van der Waals surface area contributed by atoms with Crippen molar-refractivity contribution in [3.63, 3.8) is 0 Å². The summed E-state index contributed by atoms with van der Waals surface area (Å²) < 4.78 is 29.1. The lowest BCUT2D eigenvalue weighted by Gasteiger charge is -2.21. The SMILES string of the molecule is COc1ccnnc1Cn1c(=O)n(C2CCN(c3c(C)cccc3F)C2)c2cccc(OC)c21. The van der Waals surface area contributed by atoms with Gasteiger partial charge in [-0.25, -0.2) is 9.18 Å². The standard InChI is InChI=1S/C25H26FN5O3/c1-16-6-4-7-18(26)23(16)29-13-11-17(14-29)31-20-8-5-9-22(34-3)24(20)30(25(31)32)15-19-21(33-2)10-12-27-28-19/h4-10,12,17H,11,13-15H2,1-3H3. The maximum absolute atomic E-state index is 14.6. The number of imidazole rings is 1. The number of hydrogen-bond donors (Lipinski definition) is 0. The van der Waals surface area contributed by atoms with E-state index in [0.717, 1.165) is 17.5 Å². The Kier molecular flexibility index (Phi) is 5.69. The highest BCUT2D eigenvalue weighted by atomic mass is 19.1. The Bertz CT molecular complexity index is 1390. The molecule has 1 atom stereocenters. The summed E-state index contributed by atoms with van der Waals surface area (Å²) in [6.07, 6.45) is 2.27. The third-order valence-electron chi connectivity index (χ3n) is 6.48. The second kappa shape index (κ2) is 8.81. The largest absolute Gasteiger partial charge is 0.495 e. The average molecular weight is 464 g/mol. The fourth-order valence-corrected chi connectivity index (χ4v) is 4.94. The minimum absolute atomic E-state index is 0.119. The summed E-state index contributed by atoms with van der Waals surface area (Å²) in [5, 5.41) is 8.15. The van der Waals surface area contributed by atoms with Crippen LogP contribution in [0.5, 0.6) is 11.5 Å². The van der Waals surface area contributed by atoms with Crippen LogP contribution in [0.1, 0.15) is 23.7 Å². The highest BCUT2D eigenvalue weighted by molar-refractivity contribution is 5.83. The van der Waals surface area contributed by atoms with Gasteiger partial charge < -0.3 is 14.4 Å². The molecule has 0 radical (unpaired) electrons. The van der Waals surface area contributed by atoms with Crippen molar-refractivity contribution >= 4 is 16.7 Å². The summed E-state index contributed by atoms with van der Waals surface area (Å²) in [7, 11) is 3.15. The zero-order chi connectivity index (χ0) is 23.8. The first-order valence-electron chi connectivity index (χ1n) is 11.2. The predicted octanol–water partition coefficient (Wildman–Crippen LogP) is 3.56. The maximum atomic E-state index is 14.6. The summed E-state index contributed by atoms with van der Waals surface area (Å²) in [5.74, 6) is 0.905. The molecule has 176 valence electrons. The Hall–Kier alpha value is -3.88. The van der Waals surface area contributed by atoms with Crippen molar-refractivity contribution in [3.05, 3.63) is 76.2 Å². The first-order valence-corrected chi connectivity index (χ1v) is 11.2. The summed E-state index contributed by atoms with van der Waals surface area (Å²) in [6.45, 7) is 3.28. The van der Waals surface area contributed by atoms with Gasteiger partial charge in [0.05, 0.1) is 44.2 Å². The first-order chi connectivity index (χ1) is 16.5. The lowest BCUT2D eigenvalue weighted by Crippen LogP contribution is -2.30. The van der Waals surface area contributed by atoms with Crippen LogP contribution in [0.25, 0.3) is 11.0 Å². The molecule has 0 amide bonds. The van der Waals surface area contributed by atoms with Crippen LogP contribution in [0.3, 0.4) is 0 Å². The normalized spacial score (nSPS) is 15.8. The third kappa shape index (κ3) is 3.57. The molecule has 3 heterocycles. The van der Waals surface area contributed by atoms with Gasteiger partial charge >= 0.3 is 5.69 Å². The summed E-state index contributed by atoms with van der Waals surface area (Å²) in [4.78, 5) is 15.8. The number of nitrogens with zero attached hydrogens (tertiary/aromatic N) is 5. The van der Waals surface area contributed by atoms with E-state index in [1.807, 2.05) is 36.1 Å². The van der Waals surface area contributed by atoms with Gasteiger partial charge in [-0.1, -0.05) is 18.2 Å². The Balaban J connectivity index is 1.60. The Morgan fingerprint density at radius 1 is 1.09 bits per heavy atom. The number of aryl methyl sites for hydroxylation is 1. The van der Waals surface area contributed by atoms with Crippen LogP contribution in [0.2, 0.25) is 0 Å². The Morgan fingerprint density at radius 3 is 2.65 bits per heavy atom. The van der Waals surface area contributed by atoms with E-state index in [4.69, 9.17) is 9.47 Å². The van der Waals surface area contributed by atoms with E-state index >= 15 is 0 Å². The van der Waals surface area contributed by atoms with E-state index in [9.17, 15) is 9.18 Å². The van der Waals surface area contributed by atoms with Crippen molar-refractivity contribution in [1.82, 2.24) is 19.3 Å². The quantitative estimate of drug-likeness (QED) is 0.435. The number of ether oxygens (including phenoxy) is 2. The highest BCUT2D eigenvalue weighted by Crippen LogP contribution is 2.34. The summed E-state index contributed by atoms with van der Waals surface area (Å²) >= 11 is 0. The van der Waals surface area contributed by atoms with Crippen LogP contribution < -0.4 is 20.1 Å². The van der Waals surface area contributed by atoms with Gasteiger partial charge in [0.15, 0.2) is 0 Å². The number of hydrogen-bond acceptors (Lipinski definition) is 6. The minimum atomic E-state index is -0.244. The first kappa shape index (κ1) is 21.9. The molecule has 1 aliphatic rings. The van der Waals surface area contributed by atoms with E-state index in [1.54, 1.807) is 41.7 Å². The molecule has 0 aliphatic carbocycles. The number of aromatic nitrogens is 4. The molecule has 4 aromatic rings. The molecule has 9 heteroatoms. The van der Waals surface area contributed by atoms with Crippen molar-refractivity contribution in [2.24, 2.45) is 0 Å². The van der Waals surface area contributed by atoms with Crippen molar-refractivity contribution < 1.29 is 13.9 Å². The van der Waals surface area contributed by atoms with Gasteiger partial charge in [0.25, 0.3) is 0 Å². The van der Waals surface area contributed by atoms with E-state index in [1.165, 1.54) is 6.07 Å². The lowest BCUT2D eigenvalue weighted by atomic mass is 10.2. The molecule has 2 aromatic carbocycles. The smallest absolute Gasteiger partial charge is 0.329 e. The number of methoxy groups -OCH3 is 2. The van der Waals surface area contributed by atoms with E-state index < -0.39 is 0 Å². The van der Waals surface area contributed by atoms with Crippen LogP contribution in [0.4, 0.5) is 10.1 Å². The number of rotatable bonds is 6. The third-order valence-corrected chi connectivity index (χ3v) is 6.48. The number of para-hydroxylation sites is 2. The van der Waals surface area contributed by atoms with E-state index in [2.05, 4.69) is 10.2 Å². The number of halogens is 1. The van der Waals surface area contributed by atoms with Crippen LogP contribution in [0, 0.1) is 12.7 Å². The second-order valence-electron chi connectivity index (χ2n) is 8.41. The van der Waals surface area contributed by atoms with Gasteiger partial charge in [0.1, 0.15) is 28.5 Å². The zero-order valence-electron chi connectivity index (χ0n) is 19.4. The predicted molar refractivity (Wildman–Crippen MR) is 127 cm³/mol. The molecular weight excluding hydrogens is 437 g/mol. The Morgan fingerprint density at radius 2 is 1.88 bits per heavy atom. The molecule has 5 rings (SSSR count). The van der Waals surface area contributed by atoms with Gasteiger partial charge in [-0.2, -0.15) is 5.10 Å². The number of fused-ring (bicyclic) bond motifs is 1. The van der Waals surface area contributed by atoms with E-state index in [0.29, 0.717) is 41.5 Å². The average Bonchev–Trinajstić information content (AvgIpc) is 3.42. The molecule has 0 spiro atoms. The van der Waals surface area contributed by atoms with Gasteiger partial charge in [-0.05, 0) is 37.1 Å². The van der Waals surface area contributed by atoms with Gasteiger partial charge in [-0.15, -0.1) is 5.10 Å². The van der Waals surface area contributed by atoms with Crippen molar-refractivity contribution in [3.8, 4) is 11.5 Å². The van der Waals surface area contributed by atoms with Gasteiger partial charge in [-0.3, -0.25) is 9.13 Å². The maximum Gasteiger partial charge on any atom is 0.329 e. The second-order valence-corrected chi connectivity index (χ2v) is 8.41. The van der Waals surface area contributed by atoms with Crippen LogP contribution in [0.15, 0.2) is 53.5 Å². The fraction of sp³-hybridized carbons (Fsp3) is 0.320. The molecule has 1 unspecified atom stereocenters. The number of anilines is 1. The van der Waals surface area contributed by atoms with Gasteiger partial charge in [0.2, 0.25) is 0 Å². The molecule has 0 saturated carbocycles. The zero-order valence-corrected chi connectivity index (χ0v) is 19.4. The van der Waals surface area contributed by atoms with Crippen molar-refractivity contribution in [2.45, 2.75) is 25.9 Å². The van der Waals surface area contributed by atoms with Crippen LogP contribution in [-0.4, -0.2) is 46.6 Å². The molecule has 0 bridgehead atoms. The lowest BCUT2D eigenvalue weighted by molar-refractivity contribution is 0.402. The minimum Gasteiger partial charge on any atom is -0.495 e.